The van der Waals surface area contributed by atoms with Crippen LogP contribution < -0.4 is 10.5 Å². The molecule has 0 radical (unpaired) electrons. The molecule has 0 amide bonds. The highest BCUT2D eigenvalue weighted by Crippen LogP contribution is 2.50. The Morgan fingerprint density at radius 2 is 1.92 bits per heavy atom. The normalized spacial score (nSPS) is 25.7. The van der Waals surface area contributed by atoms with Crippen LogP contribution in [0.5, 0.6) is 0 Å². The number of hydrogen-bond acceptors (Lipinski definition) is 4. The summed E-state index contributed by atoms with van der Waals surface area (Å²) in [6.07, 6.45) is 0.837. The van der Waals surface area contributed by atoms with Crippen molar-refractivity contribution in [1.82, 2.24) is 0 Å². The fourth-order valence-electron chi connectivity index (χ4n) is 3.73. The fourth-order valence-corrected chi connectivity index (χ4v) is 4.28. The maximum Gasteiger partial charge on any atom is 0.238 e. The topological polar surface area (TPSA) is 81.4 Å². The first-order valence-corrected chi connectivity index (χ1v) is 9.59. The van der Waals surface area contributed by atoms with Gasteiger partial charge in [-0.05, 0) is 37.1 Å². The van der Waals surface area contributed by atoms with E-state index in [2.05, 4.69) is 36.5 Å². The second kappa shape index (κ2) is 5.58. The Bertz CT molecular complexity index is 878. The third kappa shape index (κ3) is 2.60. The lowest BCUT2D eigenvalue weighted by molar-refractivity contribution is 0.0827. The van der Waals surface area contributed by atoms with Crippen molar-refractivity contribution >= 4 is 15.7 Å². The molecule has 1 saturated heterocycles. The molecule has 2 aromatic carbocycles. The zero-order chi connectivity index (χ0) is 16.9. The van der Waals surface area contributed by atoms with Gasteiger partial charge in [-0.25, -0.2) is 13.6 Å². The summed E-state index contributed by atoms with van der Waals surface area (Å²) < 4.78 is 29.2. The number of aryl methyl sites for hydroxylation is 1. The van der Waals surface area contributed by atoms with Gasteiger partial charge in [0.05, 0.1) is 17.0 Å². The number of fused-ring (bicyclic) bond motifs is 3. The van der Waals surface area contributed by atoms with Crippen molar-refractivity contribution in [2.75, 3.05) is 11.9 Å². The summed E-state index contributed by atoms with van der Waals surface area (Å²) >= 11 is 0. The number of sulfonamides is 1. The van der Waals surface area contributed by atoms with E-state index in [0.29, 0.717) is 6.61 Å². The van der Waals surface area contributed by atoms with E-state index in [0.717, 1.165) is 17.7 Å². The van der Waals surface area contributed by atoms with E-state index >= 15 is 0 Å². The number of anilines is 1. The second-order valence-corrected chi connectivity index (χ2v) is 8.13. The minimum absolute atomic E-state index is 0.103. The number of nitrogens with one attached hydrogen (secondary N) is 1. The molecule has 126 valence electrons. The van der Waals surface area contributed by atoms with E-state index < -0.39 is 10.0 Å². The lowest BCUT2D eigenvalue weighted by Gasteiger charge is -2.36. The average molecular weight is 344 g/mol. The van der Waals surface area contributed by atoms with Crippen molar-refractivity contribution < 1.29 is 13.2 Å². The van der Waals surface area contributed by atoms with Gasteiger partial charge in [0.1, 0.15) is 0 Å². The van der Waals surface area contributed by atoms with E-state index in [-0.39, 0.29) is 23.0 Å². The van der Waals surface area contributed by atoms with E-state index in [1.165, 1.54) is 11.1 Å². The smallest absolute Gasteiger partial charge is 0.238 e. The molecule has 0 bridgehead atoms. The molecule has 0 aliphatic carbocycles. The Balaban J connectivity index is 1.78. The standard InChI is InChI=1S/C18H20N2O3S/c1-11-2-4-12(5-3-11)17-14-8-9-23-18(14)15-10-13(24(19,21)22)6-7-16(15)20-17/h2-7,10,14,17-18,20H,8-9H2,1H3,(H2,19,21,22). The largest absolute Gasteiger partial charge is 0.378 e. The highest BCUT2D eigenvalue weighted by atomic mass is 32.2. The molecule has 3 atom stereocenters. The fraction of sp³-hybridized carbons (Fsp3) is 0.333. The first-order chi connectivity index (χ1) is 11.4. The molecular formula is C18H20N2O3S. The molecule has 3 N–H and O–H groups in total. The first kappa shape index (κ1) is 15.6. The van der Waals surface area contributed by atoms with Crippen LogP contribution in [0.4, 0.5) is 5.69 Å². The number of ether oxygens (including phenoxy) is 1. The van der Waals surface area contributed by atoms with Crippen molar-refractivity contribution in [3.05, 3.63) is 59.2 Å². The third-order valence-electron chi connectivity index (χ3n) is 4.97. The van der Waals surface area contributed by atoms with E-state index in [1.54, 1.807) is 18.2 Å². The van der Waals surface area contributed by atoms with Crippen LogP contribution in [0.3, 0.4) is 0 Å². The minimum Gasteiger partial charge on any atom is -0.378 e. The predicted octanol–water partition coefficient (Wildman–Crippen LogP) is 2.89. The summed E-state index contributed by atoms with van der Waals surface area (Å²) in [6.45, 7) is 2.75. The van der Waals surface area contributed by atoms with Crippen molar-refractivity contribution in [2.45, 2.75) is 30.4 Å². The van der Waals surface area contributed by atoms with Crippen LogP contribution >= 0.6 is 0 Å². The zero-order valence-electron chi connectivity index (χ0n) is 13.4. The molecule has 0 saturated carbocycles. The molecule has 2 aliphatic rings. The van der Waals surface area contributed by atoms with Crippen LogP contribution in [-0.4, -0.2) is 15.0 Å². The predicted molar refractivity (Wildman–Crippen MR) is 92.2 cm³/mol. The Hall–Kier alpha value is -1.89. The van der Waals surface area contributed by atoms with Gasteiger partial charge in [-0.2, -0.15) is 0 Å². The second-order valence-electron chi connectivity index (χ2n) is 6.57. The summed E-state index contributed by atoms with van der Waals surface area (Å²) in [6, 6.07) is 13.6. The van der Waals surface area contributed by atoms with Gasteiger partial charge in [0.15, 0.2) is 0 Å². The lowest BCUT2D eigenvalue weighted by atomic mass is 9.81. The van der Waals surface area contributed by atoms with Gasteiger partial charge in [0.2, 0.25) is 10.0 Å². The number of nitrogens with two attached hydrogens (primary N) is 1. The van der Waals surface area contributed by atoms with Crippen LogP contribution in [-0.2, 0) is 14.8 Å². The van der Waals surface area contributed by atoms with Crippen LogP contribution in [0, 0.1) is 12.8 Å². The number of rotatable bonds is 2. The van der Waals surface area contributed by atoms with Crippen molar-refractivity contribution in [3.8, 4) is 0 Å². The molecule has 0 spiro atoms. The number of primary sulfonamides is 1. The van der Waals surface area contributed by atoms with E-state index in [1.807, 2.05) is 0 Å². The number of hydrogen-bond donors (Lipinski definition) is 2. The van der Waals surface area contributed by atoms with Crippen LogP contribution in [0.1, 0.15) is 35.3 Å². The molecule has 5 nitrogen and oxygen atoms in total. The molecule has 2 heterocycles. The Morgan fingerprint density at radius 1 is 1.17 bits per heavy atom. The summed E-state index contributed by atoms with van der Waals surface area (Å²) in [4.78, 5) is 0.131. The Morgan fingerprint density at radius 3 is 2.62 bits per heavy atom. The van der Waals surface area contributed by atoms with Gasteiger partial charge < -0.3 is 10.1 Å². The third-order valence-corrected chi connectivity index (χ3v) is 5.88. The molecule has 4 rings (SSSR count). The van der Waals surface area contributed by atoms with Crippen molar-refractivity contribution in [2.24, 2.45) is 11.1 Å². The van der Waals surface area contributed by atoms with Gasteiger partial charge in [0, 0.05) is 23.8 Å². The van der Waals surface area contributed by atoms with Gasteiger partial charge >= 0.3 is 0 Å². The molecule has 6 heteroatoms. The van der Waals surface area contributed by atoms with Gasteiger partial charge in [-0.1, -0.05) is 29.8 Å². The van der Waals surface area contributed by atoms with Crippen molar-refractivity contribution in [1.29, 1.82) is 0 Å². The minimum atomic E-state index is -3.72. The summed E-state index contributed by atoms with van der Waals surface area (Å²) in [5.41, 5.74) is 4.25. The maximum atomic E-state index is 11.6. The SMILES string of the molecule is Cc1ccc(C2Nc3ccc(S(N)(=O)=O)cc3C3OCCC23)cc1. The highest BCUT2D eigenvalue weighted by molar-refractivity contribution is 7.89. The summed E-state index contributed by atoms with van der Waals surface area (Å²) in [7, 11) is -3.72. The summed E-state index contributed by atoms with van der Waals surface area (Å²) in [5.74, 6) is 0.274. The molecule has 24 heavy (non-hydrogen) atoms. The maximum absolute atomic E-state index is 11.6. The van der Waals surface area contributed by atoms with Crippen LogP contribution in [0.25, 0.3) is 0 Å². The summed E-state index contributed by atoms with van der Waals surface area (Å²) in [5, 5.41) is 8.84. The van der Waals surface area contributed by atoms with Crippen LogP contribution in [0.2, 0.25) is 0 Å². The first-order valence-electron chi connectivity index (χ1n) is 8.05. The van der Waals surface area contributed by atoms with Gasteiger partial charge in [0.25, 0.3) is 0 Å². The molecule has 1 fully saturated rings. The average Bonchev–Trinajstić information content (AvgIpc) is 3.03. The monoisotopic (exact) mass is 344 g/mol. The molecular weight excluding hydrogens is 324 g/mol. The molecule has 0 aromatic heterocycles. The van der Waals surface area contributed by atoms with Gasteiger partial charge in [-0.15, -0.1) is 0 Å². The molecule has 2 aromatic rings. The van der Waals surface area contributed by atoms with E-state index in [9.17, 15) is 8.42 Å². The number of benzene rings is 2. The van der Waals surface area contributed by atoms with Gasteiger partial charge in [-0.3, -0.25) is 0 Å². The molecule has 3 unspecified atom stereocenters. The molecule has 2 aliphatic heterocycles. The Labute approximate surface area is 141 Å². The highest BCUT2D eigenvalue weighted by Gasteiger charge is 2.41. The van der Waals surface area contributed by atoms with Crippen molar-refractivity contribution in [3.63, 3.8) is 0 Å². The Kier molecular flexibility index (Phi) is 3.63. The lowest BCUT2D eigenvalue weighted by Crippen LogP contribution is -2.29. The quantitative estimate of drug-likeness (QED) is 0.878. The zero-order valence-corrected chi connectivity index (χ0v) is 14.2. The van der Waals surface area contributed by atoms with Crippen LogP contribution in [0.15, 0.2) is 47.4 Å². The van der Waals surface area contributed by atoms with E-state index in [4.69, 9.17) is 9.88 Å².